The minimum atomic E-state index is -4.20. The number of rotatable bonds is 13. The zero-order chi connectivity index (χ0) is 29.3. The normalized spacial score (nSPS) is 11.9. The zero-order valence-electron chi connectivity index (χ0n) is 23.3. The van der Waals surface area contributed by atoms with E-state index in [2.05, 4.69) is 5.32 Å². The van der Waals surface area contributed by atoms with Gasteiger partial charge in [-0.1, -0.05) is 42.8 Å². The molecule has 214 valence electrons. The van der Waals surface area contributed by atoms with Gasteiger partial charge in [-0.2, -0.15) is 0 Å². The predicted molar refractivity (Wildman–Crippen MR) is 153 cm³/mol. The highest BCUT2D eigenvalue weighted by Crippen LogP contribution is 2.27. The third-order valence-electron chi connectivity index (χ3n) is 6.34. The van der Waals surface area contributed by atoms with Crippen LogP contribution in [0.4, 0.5) is 10.1 Å². The lowest BCUT2D eigenvalue weighted by Gasteiger charge is -2.32. The number of ether oxygens (including phenoxy) is 1. The van der Waals surface area contributed by atoms with E-state index in [0.717, 1.165) is 9.87 Å². The van der Waals surface area contributed by atoms with Crippen LogP contribution in [0.5, 0.6) is 5.75 Å². The molecule has 3 rings (SSSR count). The first-order chi connectivity index (χ1) is 19.1. The van der Waals surface area contributed by atoms with E-state index in [0.29, 0.717) is 25.3 Å². The Morgan fingerprint density at radius 1 is 0.975 bits per heavy atom. The monoisotopic (exact) mass is 569 g/mol. The summed E-state index contributed by atoms with van der Waals surface area (Å²) in [5.41, 5.74) is 1.33. The van der Waals surface area contributed by atoms with Crippen molar-refractivity contribution >= 4 is 27.5 Å². The van der Waals surface area contributed by atoms with E-state index in [-0.39, 0.29) is 22.7 Å². The Balaban J connectivity index is 2.03. The Morgan fingerprint density at radius 3 is 2.23 bits per heavy atom. The van der Waals surface area contributed by atoms with Crippen LogP contribution in [-0.2, 0) is 26.2 Å². The Bertz CT molecular complexity index is 1400. The van der Waals surface area contributed by atoms with Gasteiger partial charge >= 0.3 is 0 Å². The first kappa shape index (κ1) is 30.6. The molecule has 8 nitrogen and oxygen atoms in total. The standard InChI is InChI=1S/C30H36FN3O5S/c1-5-19-32-30(36)23(4)33(20-24-9-7-8-10-28(24)31)29(35)21-34(25-13-15-26(16-14-25)39-6-2)40(37,38)27-17-11-22(3)12-18-27/h7-18,23H,5-6,19-21H2,1-4H3,(H,32,36)/t23-/m0/s1. The van der Waals surface area contributed by atoms with E-state index >= 15 is 0 Å². The fourth-order valence-corrected chi connectivity index (χ4v) is 5.44. The molecule has 1 N–H and O–H groups in total. The molecule has 0 fully saturated rings. The molecule has 40 heavy (non-hydrogen) atoms. The Morgan fingerprint density at radius 2 is 1.62 bits per heavy atom. The lowest BCUT2D eigenvalue weighted by molar-refractivity contribution is -0.139. The minimum Gasteiger partial charge on any atom is -0.494 e. The summed E-state index contributed by atoms with van der Waals surface area (Å²) in [5.74, 6) is -1.06. The molecule has 0 aliphatic rings. The Kier molecular flexibility index (Phi) is 10.7. The summed E-state index contributed by atoms with van der Waals surface area (Å²) in [5, 5.41) is 2.76. The van der Waals surface area contributed by atoms with Crippen molar-refractivity contribution in [1.29, 1.82) is 0 Å². The van der Waals surface area contributed by atoms with Gasteiger partial charge in [0.1, 0.15) is 24.2 Å². The second-order valence-corrected chi connectivity index (χ2v) is 11.2. The summed E-state index contributed by atoms with van der Waals surface area (Å²) in [6.45, 7) is 7.14. The van der Waals surface area contributed by atoms with Crippen LogP contribution in [-0.4, -0.2) is 50.9 Å². The summed E-state index contributed by atoms with van der Waals surface area (Å²) in [6, 6.07) is 17.7. The van der Waals surface area contributed by atoms with Crippen molar-refractivity contribution in [3.63, 3.8) is 0 Å². The molecule has 0 aliphatic carbocycles. The number of nitrogens with one attached hydrogen (secondary N) is 1. The molecular formula is C30H36FN3O5S. The second-order valence-electron chi connectivity index (χ2n) is 9.33. The largest absolute Gasteiger partial charge is 0.494 e. The highest BCUT2D eigenvalue weighted by atomic mass is 32.2. The second kappa shape index (κ2) is 13.9. The molecule has 0 saturated heterocycles. The van der Waals surface area contributed by atoms with Gasteiger partial charge in [-0.25, -0.2) is 12.8 Å². The number of aryl methyl sites for hydroxylation is 1. The van der Waals surface area contributed by atoms with E-state index in [9.17, 15) is 22.4 Å². The smallest absolute Gasteiger partial charge is 0.264 e. The zero-order valence-corrected chi connectivity index (χ0v) is 24.1. The summed E-state index contributed by atoms with van der Waals surface area (Å²) < 4.78 is 48.8. The van der Waals surface area contributed by atoms with Gasteiger partial charge in [-0.15, -0.1) is 0 Å². The van der Waals surface area contributed by atoms with E-state index in [1.54, 1.807) is 49.4 Å². The van der Waals surface area contributed by atoms with Crippen LogP contribution in [0.1, 0.15) is 38.3 Å². The maximum atomic E-state index is 14.6. The van der Waals surface area contributed by atoms with Crippen LogP contribution >= 0.6 is 0 Å². The lowest BCUT2D eigenvalue weighted by atomic mass is 10.1. The van der Waals surface area contributed by atoms with Gasteiger partial charge in [0.2, 0.25) is 11.8 Å². The van der Waals surface area contributed by atoms with Gasteiger partial charge < -0.3 is 15.0 Å². The molecule has 2 amide bonds. The topological polar surface area (TPSA) is 96.0 Å². The van der Waals surface area contributed by atoms with Gasteiger partial charge in [0.15, 0.2) is 0 Å². The summed E-state index contributed by atoms with van der Waals surface area (Å²) in [7, 11) is -4.20. The molecular weight excluding hydrogens is 533 g/mol. The quantitative estimate of drug-likeness (QED) is 0.323. The van der Waals surface area contributed by atoms with E-state index in [1.165, 1.54) is 35.2 Å². The van der Waals surface area contributed by atoms with E-state index in [1.807, 2.05) is 20.8 Å². The van der Waals surface area contributed by atoms with Crippen molar-refractivity contribution in [2.75, 3.05) is 24.0 Å². The third-order valence-corrected chi connectivity index (χ3v) is 8.13. The van der Waals surface area contributed by atoms with Crippen LogP contribution in [0.3, 0.4) is 0 Å². The number of benzene rings is 3. The van der Waals surface area contributed by atoms with Gasteiger partial charge in [0, 0.05) is 18.7 Å². The van der Waals surface area contributed by atoms with Crippen LogP contribution < -0.4 is 14.4 Å². The maximum Gasteiger partial charge on any atom is 0.264 e. The highest BCUT2D eigenvalue weighted by Gasteiger charge is 2.32. The number of carbonyl (C=O) groups is 2. The highest BCUT2D eigenvalue weighted by molar-refractivity contribution is 7.92. The van der Waals surface area contributed by atoms with Gasteiger partial charge in [-0.05, 0) is 69.7 Å². The van der Waals surface area contributed by atoms with Crippen LogP contribution in [0.15, 0.2) is 77.7 Å². The first-order valence-corrected chi connectivity index (χ1v) is 14.6. The van der Waals surface area contributed by atoms with Crippen LogP contribution in [0, 0.1) is 12.7 Å². The first-order valence-electron chi connectivity index (χ1n) is 13.2. The number of sulfonamides is 1. The molecule has 0 spiro atoms. The van der Waals surface area contributed by atoms with Crippen molar-refractivity contribution in [2.24, 2.45) is 0 Å². The van der Waals surface area contributed by atoms with Crippen molar-refractivity contribution in [2.45, 2.75) is 51.6 Å². The fraction of sp³-hybridized carbons (Fsp3) is 0.333. The molecule has 3 aromatic carbocycles. The van der Waals surface area contributed by atoms with Crippen LogP contribution in [0.25, 0.3) is 0 Å². The summed E-state index contributed by atoms with van der Waals surface area (Å²) in [4.78, 5) is 28.0. The Labute approximate surface area is 235 Å². The van der Waals surface area contributed by atoms with Gasteiger partial charge in [0.05, 0.1) is 17.2 Å². The average molecular weight is 570 g/mol. The molecule has 0 unspecified atom stereocenters. The molecule has 0 aromatic heterocycles. The molecule has 3 aromatic rings. The molecule has 0 radical (unpaired) electrons. The van der Waals surface area contributed by atoms with Crippen molar-refractivity contribution < 1.29 is 27.1 Å². The number of hydrogen-bond donors (Lipinski definition) is 1. The fourth-order valence-electron chi connectivity index (χ4n) is 4.03. The number of nitrogens with zero attached hydrogens (tertiary/aromatic N) is 2. The average Bonchev–Trinajstić information content (AvgIpc) is 2.94. The molecule has 0 heterocycles. The van der Waals surface area contributed by atoms with E-state index < -0.39 is 40.2 Å². The predicted octanol–water partition coefficient (Wildman–Crippen LogP) is 4.67. The van der Waals surface area contributed by atoms with Gasteiger partial charge in [-0.3, -0.25) is 13.9 Å². The third kappa shape index (κ3) is 7.59. The van der Waals surface area contributed by atoms with Crippen molar-refractivity contribution in [3.05, 3.63) is 89.7 Å². The molecule has 10 heteroatoms. The van der Waals surface area contributed by atoms with Gasteiger partial charge in [0.25, 0.3) is 10.0 Å². The minimum absolute atomic E-state index is 0.00850. The maximum absolute atomic E-state index is 14.6. The van der Waals surface area contributed by atoms with Crippen LogP contribution in [0.2, 0.25) is 0 Å². The lowest BCUT2D eigenvalue weighted by Crippen LogP contribution is -2.51. The van der Waals surface area contributed by atoms with Crippen molar-refractivity contribution in [1.82, 2.24) is 10.2 Å². The summed E-state index contributed by atoms with van der Waals surface area (Å²) >= 11 is 0. The molecule has 0 saturated carbocycles. The molecule has 0 bridgehead atoms. The van der Waals surface area contributed by atoms with E-state index in [4.69, 9.17) is 4.74 Å². The Hall–Kier alpha value is -3.92. The summed E-state index contributed by atoms with van der Waals surface area (Å²) in [6.07, 6.45) is 0.694. The van der Waals surface area contributed by atoms with Crippen molar-refractivity contribution in [3.8, 4) is 5.75 Å². The number of hydrogen-bond acceptors (Lipinski definition) is 5. The number of amides is 2. The number of halogens is 1. The number of carbonyl (C=O) groups excluding carboxylic acids is 2. The molecule has 1 atom stereocenters. The SMILES string of the molecule is CCCNC(=O)[C@H](C)N(Cc1ccccc1F)C(=O)CN(c1ccc(OCC)cc1)S(=O)(=O)c1ccc(C)cc1. The molecule has 0 aliphatic heterocycles. The number of anilines is 1.